The number of carbonyl (C=O) groups is 2. The number of amides is 3. The van der Waals surface area contributed by atoms with Crippen LogP contribution in [0, 0.1) is 0 Å². The Kier molecular flexibility index (Phi) is 5.75. The van der Waals surface area contributed by atoms with E-state index in [4.69, 9.17) is 11.6 Å². The van der Waals surface area contributed by atoms with Crippen molar-refractivity contribution in [1.29, 1.82) is 0 Å². The van der Waals surface area contributed by atoms with Crippen molar-refractivity contribution in [3.8, 4) is 0 Å². The quantitative estimate of drug-likeness (QED) is 0.818. The van der Waals surface area contributed by atoms with Gasteiger partial charge in [-0.2, -0.15) is 13.2 Å². The van der Waals surface area contributed by atoms with Gasteiger partial charge in [0, 0.05) is 12.7 Å². The van der Waals surface area contributed by atoms with E-state index in [9.17, 15) is 27.6 Å². The molecule has 0 saturated carbocycles. The number of carbonyl (C=O) groups excluding carboxylic acids is 2. The molecule has 1 aromatic heterocycles. The van der Waals surface area contributed by atoms with Gasteiger partial charge in [0.1, 0.15) is 11.6 Å². The van der Waals surface area contributed by atoms with Crippen LogP contribution >= 0.6 is 11.6 Å². The molecule has 0 fully saturated rings. The highest BCUT2D eigenvalue weighted by atomic mass is 35.5. The predicted molar refractivity (Wildman–Crippen MR) is 72.5 cm³/mol. The molecule has 120 valence electrons. The van der Waals surface area contributed by atoms with Crippen molar-refractivity contribution >= 4 is 23.5 Å². The number of aromatic nitrogens is 1. The zero-order valence-electron chi connectivity index (χ0n) is 11.0. The minimum absolute atomic E-state index is 0.0917. The number of imide groups is 1. The lowest BCUT2D eigenvalue weighted by Crippen LogP contribution is -2.42. The van der Waals surface area contributed by atoms with Crippen molar-refractivity contribution in [2.75, 3.05) is 6.54 Å². The molecule has 2 N–H and O–H groups in total. The molecule has 6 nitrogen and oxygen atoms in total. The first-order valence-electron chi connectivity index (χ1n) is 5.81. The summed E-state index contributed by atoms with van der Waals surface area (Å²) in [7, 11) is 0. The predicted octanol–water partition coefficient (Wildman–Crippen LogP) is 1.53. The van der Waals surface area contributed by atoms with Crippen LogP contribution in [0.15, 0.2) is 29.7 Å². The lowest BCUT2D eigenvalue weighted by atomic mass is 10.2. The number of hydrogen-bond acceptors (Lipinski definition) is 3. The Balaban J connectivity index is 2.91. The maximum atomic E-state index is 12.6. The van der Waals surface area contributed by atoms with E-state index in [1.807, 2.05) is 5.32 Å². The highest BCUT2D eigenvalue weighted by Gasteiger charge is 2.32. The van der Waals surface area contributed by atoms with Crippen LogP contribution in [-0.2, 0) is 17.5 Å². The third-order valence-corrected chi connectivity index (χ3v) is 2.61. The van der Waals surface area contributed by atoms with Crippen molar-refractivity contribution in [2.24, 2.45) is 0 Å². The van der Waals surface area contributed by atoms with Crippen molar-refractivity contribution in [1.82, 2.24) is 15.2 Å². The molecule has 0 spiro atoms. The number of alkyl halides is 3. The molecule has 10 heteroatoms. The summed E-state index contributed by atoms with van der Waals surface area (Å²) in [5.41, 5.74) is -2.16. The molecule has 22 heavy (non-hydrogen) atoms. The smallest absolute Gasteiger partial charge is 0.334 e. The van der Waals surface area contributed by atoms with E-state index >= 15 is 0 Å². The molecule has 0 saturated heterocycles. The zero-order valence-corrected chi connectivity index (χ0v) is 11.8. The highest BCUT2D eigenvalue weighted by Crippen LogP contribution is 2.29. The van der Waals surface area contributed by atoms with Gasteiger partial charge in [-0.25, -0.2) is 4.79 Å². The number of halogens is 4. The molecule has 1 heterocycles. The Morgan fingerprint density at radius 1 is 1.41 bits per heavy atom. The van der Waals surface area contributed by atoms with Crippen molar-refractivity contribution in [3.63, 3.8) is 0 Å². The van der Waals surface area contributed by atoms with Crippen LogP contribution in [0.4, 0.5) is 18.0 Å². The highest BCUT2D eigenvalue weighted by molar-refractivity contribution is 6.30. The topological polar surface area (TPSA) is 80.2 Å². The summed E-state index contributed by atoms with van der Waals surface area (Å²) in [6, 6.07) is -0.397. The van der Waals surface area contributed by atoms with Crippen LogP contribution in [0.1, 0.15) is 5.56 Å². The Hall–Kier alpha value is -2.29. The third kappa shape index (κ3) is 4.92. The second-order valence-corrected chi connectivity index (χ2v) is 4.46. The number of nitrogens with one attached hydrogen (secondary N) is 2. The van der Waals surface area contributed by atoms with E-state index < -0.39 is 40.8 Å². The van der Waals surface area contributed by atoms with E-state index in [0.717, 1.165) is 0 Å². The molecule has 0 aliphatic carbocycles. The van der Waals surface area contributed by atoms with Gasteiger partial charge >= 0.3 is 12.2 Å². The van der Waals surface area contributed by atoms with E-state index in [0.29, 0.717) is 16.8 Å². The fraction of sp³-hybridized carbons (Fsp3) is 0.250. The van der Waals surface area contributed by atoms with Crippen LogP contribution in [0.2, 0.25) is 5.02 Å². The van der Waals surface area contributed by atoms with Gasteiger partial charge in [-0.05, 0) is 6.07 Å². The number of nitrogens with zero attached hydrogens (tertiary/aromatic N) is 1. The summed E-state index contributed by atoms with van der Waals surface area (Å²) in [6.07, 6.45) is -2.91. The number of pyridine rings is 1. The maximum Gasteiger partial charge on any atom is 0.417 e. The van der Waals surface area contributed by atoms with E-state index in [1.54, 1.807) is 0 Å². The summed E-state index contributed by atoms with van der Waals surface area (Å²) in [6.45, 7) is 2.64. The second-order valence-electron chi connectivity index (χ2n) is 4.05. The zero-order chi connectivity index (χ0) is 16.9. The molecule has 0 atom stereocenters. The fourth-order valence-electron chi connectivity index (χ4n) is 1.40. The van der Waals surface area contributed by atoms with Gasteiger partial charge in [0.25, 0.3) is 5.56 Å². The standard InChI is InChI=1S/C12H11ClF3N3O3/c1-2-3-17-11(22)18-9(20)6-19-5-7(12(14,15)16)4-8(13)10(19)21/h2,4-5H,1,3,6H2,(H2,17,18,20,22). The third-order valence-electron chi connectivity index (χ3n) is 2.34. The Labute approximate surface area is 127 Å². The van der Waals surface area contributed by atoms with Crippen LogP contribution in [0.25, 0.3) is 0 Å². The normalized spacial score (nSPS) is 10.9. The number of rotatable bonds is 4. The lowest BCUT2D eigenvalue weighted by molar-refractivity contribution is -0.138. The summed E-state index contributed by atoms with van der Waals surface area (Å²) in [5.74, 6) is -0.973. The van der Waals surface area contributed by atoms with Crippen molar-refractivity contribution in [2.45, 2.75) is 12.7 Å². The molecule has 0 aliphatic rings. The Morgan fingerprint density at radius 3 is 2.59 bits per heavy atom. The van der Waals surface area contributed by atoms with Crippen molar-refractivity contribution in [3.05, 3.63) is 45.9 Å². The molecule has 1 aromatic rings. The van der Waals surface area contributed by atoms with Gasteiger partial charge in [-0.15, -0.1) is 6.58 Å². The Morgan fingerprint density at radius 2 is 2.05 bits per heavy atom. The van der Waals surface area contributed by atoms with Gasteiger partial charge in [-0.3, -0.25) is 14.9 Å². The summed E-state index contributed by atoms with van der Waals surface area (Å²) >= 11 is 5.43. The van der Waals surface area contributed by atoms with E-state index in [1.165, 1.54) is 6.08 Å². The van der Waals surface area contributed by atoms with Gasteiger partial charge in [0.15, 0.2) is 0 Å². The van der Waals surface area contributed by atoms with Gasteiger partial charge in [0.2, 0.25) is 5.91 Å². The van der Waals surface area contributed by atoms with Gasteiger partial charge in [0.05, 0.1) is 5.56 Å². The average Bonchev–Trinajstić information content (AvgIpc) is 2.40. The van der Waals surface area contributed by atoms with Crippen LogP contribution in [0.5, 0.6) is 0 Å². The minimum Gasteiger partial charge on any atom is -0.334 e. The molecule has 0 radical (unpaired) electrons. The minimum atomic E-state index is -4.73. The summed E-state index contributed by atoms with van der Waals surface area (Å²) in [5, 5.41) is 3.39. The van der Waals surface area contributed by atoms with Crippen LogP contribution in [-0.4, -0.2) is 23.1 Å². The Bertz CT molecular complexity index is 655. The van der Waals surface area contributed by atoms with Gasteiger partial charge < -0.3 is 9.88 Å². The second kappa shape index (κ2) is 7.12. The van der Waals surface area contributed by atoms with E-state index in [-0.39, 0.29) is 6.54 Å². The molecular weight excluding hydrogens is 327 g/mol. The van der Waals surface area contributed by atoms with Crippen molar-refractivity contribution < 1.29 is 22.8 Å². The molecular formula is C12H11ClF3N3O3. The van der Waals surface area contributed by atoms with Gasteiger partial charge in [-0.1, -0.05) is 17.7 Å². The summed E-state index contributed by atoms with van der Waals surface area (Å²) < 4.78 is 38.3. The average molecular weight is 338 g/mol. The SMILES string of the molecule is C=CCNC(=O)NC(=O)Cn1cc(C(F)(F)F)cc(Cl)c1=O. The lowest BCUT2D eigenvalue weighted by Gasteiger charge is -2.11. The molecule has 0 aromatic carbocycles. The molecule has 0 aliphatic heterocycles. The van der Waals surface area contributed by atoms with Crippen LogP contribution < -0.4 is 16.2 Å². The first kappa shape index (κ1) is 17.8. The monoisotopic (exact) mass is 337 g/mol. The molecule has 0 bridgehead atoms. The number of hydrogen-bond donors (Lipinski definition) is 2. The van der Waals surface area contributed by atoms with Crippen LogP contribution in [0.3, 0.4) is 0 Å². The molecule has 3 amide bonds. The first-order valence-corrected chi connectivity index (χ1v) is 6.18. The summed E-state index contributed by atoms with van der Waals surface area (Å²) in [4.78, 5) is 34.3. The maximum absolute atomic E-state index is 12.6. The number of urea groups is 1. The van der Waals surface area contributed by atoms with E-state index in [2.05, 4.69) is 11.9 Å². The fourth-order valence-corrected chi connectivity index (χ4v) is 1.63. The first-order chi connectivity index (χ1) is 10.1. The molecule has 1 rings (SSSR count). The molecule has 0 unspecified atom stereocenters. The largest absolute Gasteiger partial charge is 0.417 e.